The molecule has 0 saturated heterocycles. The normalized spacial score (nSPS) is 10.5. The molecule has 0 saturated carbocycles. The van der Waals surface area contributed by atoms with Crippen LogP contribution in [0, 0.1) is 0 Å². The number of hydrogen-bond acceptors (Lipinski definition) is 6. The van der Waals surface area contributed by atoms with Gasteiger partial charge in [-0.25, -0.2) is 0 Å². The molecule has 13 heteroatoms. The molecule has 2 atom stereocenters. The molecule has 0 aliphatic heterocycles. The van der Waals surface area contributed by atoms with E-state index in [1.807, 2.05) is 87.7 Å². The van der Waals surface area contributed by atoms with Crippen molar-refractivity contribution in [1.29, 1.82) is 0 Å². The summed E-state index contributed by atoms with van der Waals surface area (Å²) in [7, 11) is 22.7. The molecule has 0 bridgehead atoms. The Kier molecular flexibility index (Phi) is 39.4. The van der Waals surface area contributed by atoms with E-state index in [0.717, 1.165) is 29.6 Å². The molecule has 0 aromatic heterocycles. The number of nitrogens with zero attached hydrogens (tertiary/aromatic N) is 8. The molecule has 0 unspecified atom stereocenters. The summed E-state index contributed by atoms with van der Waals surface area (Å²) in [5, 5.41) is 53.0. The Morgan fingerprint density at radius 3 is 1.41 bits per heavy atom. The van der Waals surface area contributed by atoms with Crippen LogP contribution in [0.4, 0.5) is 11.4 Å². The molecular formula is C41H60N8O3Ti2. The van der Waals surface area contributed by atoms with Crippen LogP contribution < -0.4 is 25.1 Å². The third-order valence-electron chi connectivity index (χ3n) is 6.50. The summed E-state index contributed by atoms with van der Waals surface area (Å²) in [5.74, 6) is -0.192. The van der Waals surface area contributed by atoms with Gasteiger partial charge in [-0.15, -0.1) is 18.0 Å². The zero-order valence-electron chi connectivity index (χ0n) is 34.5. The van der Waals surface area contributed by atoms with Crippen molar-refractivity contribution in [2.75, 3.05) is 101 Å². The molecule has 4 aromatic carbocycles. The molecule has 0 N–H and O–H groups in total. The van der Waals surface area contributed by atoms with Gasteiger partial charge in [0.25, 0.3) is 0 Å². The Labute approximate surface area is 356 Å². The van der Waals surface area contributed by atoms with Crippen LogP contribution in [-0.4, -0.2) is 97.9 Å². The zero-order chi connectivity index (χ0) is 39.9. The van der Waals surface area contributed by atoms with Gasteiger partial charge in [0.2, 0.25) is 0 Å². The number of para-hydroxylation sites is 4. The molecule has 54 heavy (non-hydrogen) atoms. The van der Waals surface area contributed by atoms with Crippen molar-refractivity contribution in [3.8, 4) is 11.5 Å². The van der Waals surface area contributed by atoms with E-state index in [2.05, 4.69) is 38.3 Å². The Hall–Kier alpha value is -3.06. The summed E-state index contributed by atoms with van der Waals surface area (Å²) in [6.07, 6.45) is 1.61. The monoisotopic (exact) mass is 808 g/mol. The first kappa shape index (κ1) is 57.7. The number of benzene rings is 4. The van der Waals surface area contributed by atoms with Crippen molar-refractivity contribution < 1.29 is 58.8 Å². The molecule has 0 spiro atoms. The summed E-state index contributed by atoms with van der Waals surface area (Å²) < 4.78 is 0. The van der Waals surface area contributed by atoms with Gasteiger partial charge in [-0.2, -0.15) is 63.5 Å². The van der Waals surface area contributed by atoms with E-state index in [4.69, 9.17) is 15.4 Å². The molecule has 0 aliphatic carbocycles. The third kappa shape index (κ3) is 22.3. The Balaban J connectivity index is -0.000000685. The first-order valence-electron chi connectivity index (χ1n) is 16.6. The van der Waals surface area contributed by atoms with Gasteiger partial charge in [0.15, 0.2) is 0 Å². The number of rotatable bonds is 10. The molecule has 4 aromatic rings. The maximum absolute atomic E-state index is 13.1. The average Bonchev–Trinajstić information content (AvgIpc) is 3.13. The van der Waals surface area contributed by atoms with Crippen molar-refractivity contribution in [3.05, 3.63) is 146 Å². The molecule has 0 amide bonds. The molecular weight excluding hydrogens is 748 g/mol. The summed E-state index contributed by atoms with van der Waals surface area (Å²) in [4.78, 5) is 9.05. The molecule has 290 valence electrons. The van der Waals surface area contributed by atoms with Crippen LogP contribution in [0.1, 0.15) is 34.3 Å². The topological polar surface area (TPSA) is 159 Å². The van der Waals surface area contributed by atoms with E-state index in [9.17, 15) is 10.2 Å². The minimum atomic E-state index is -0.574. The van der Waals surface area contributed by atoms with E-state index in [-0.39, 0.29) is 54.9 Å². The van der Waals surface area contributed by atoms with Crippen LogP contribution in [0.3, 0.4) is 0 Å². The Bertz CT molecular complexity index is 1470. The van der Waals surface area contributed by atoms with Crippen LogP contribution in [0.25, 0.3) is 26.6 Å². The molecule has 11 nitrogen and oxygen atoms in total. The Morgan fingerprint density at radius 1 is 0.556 bits per heavy atom. The summed E-state index contributed by atoms with van der Waals surface area (Å²) in [6.45, 7) is 0.404. The zero-order valence-corrected chi connectivity index (χ0v) is 37.6. The fraction of sp³-hybridized carbons (Fsp3) is 0.390. The quantitative estimate of drug-likeness (QED) is 0.126. The van der Waals surface area contributed by atoms with Gasteiger partial charge >= 0.3 is 43.4 Å². The van der Waals surface area contributed by atoms with Gasteiger partial charge in [-0.3, -0.25) is 4.99 Å². The van der Waals surface area contributed by atoms with E-state index in [1.54, 1.807) is 86.9 Å². The predicted octanol–water partition coefficient (Wildman–Crippen LogP) is 6.89. The maximum atomic E-state index is 13.1. The average molecular weight is 809 g/mol. The minimum Gasteiger partial charge on any atom is -0.872 e. The van der Waals surface area contributed by atoms with E-state index < -0.39 is 12.1 Å². The van der Waals surface area contributed by atoms with E-state index in [1.165, 1.54) is 6.07 Å². The van der Waals surface area contributed by atoms with Crippen LogP contribution in [-0.2, 0) is 50.0 Å². The second-order valence-corrected chi connectivity index (χ2v) is 11.3. The molecule has 0 fully saturated rings. The minimum absolute atomic E-state index is 0. The van der Waals surface area contributed by atoms with Gasteiger partial charge in [0.1, 0.15) is 0 Å². The number of hydrogen-bond donors (Lipinski definition) is 0. The predicted molar refractivity (Wildman–Crippen MR) is 220 cm³/mol. The van der Waals surface area contributed by atoms with Crippen molar-refractivity contribution in [2.24, 2.45) is 4.99 Å². The first-order chi connectivity index (χ1) is 25.0. The van der Waals surface area contributed by atoms with Crippen molar-refractivity contribution in [3.63, 3.8) is 0 Å². The van der Waals surface area contributed by atoms with Gasteiger partial charge in [-0.05, 0) is 28.8 Å². The summed E-state index contributed by atoms with van der Waals surface area (Å²) >= 11 is 0. The second kappa shape index (κ2) is 36.9. The van der Waals surface area contributed by atoms with Crippen LogP contribution in [0.5, 0.6) is 11.5 Å². The maximum Gasteiger partial charge on any atom is 4.00 e. The first-order valence-corrected chi connectivity index (χ1v) is 16.6. The summed E-state index contributed by atoms with van der Waals surface area (Å²) in [5.41, 5.74) is 5.09. The number of anilines is 2. The van der Waals surface area contributed by atoms with Gasteiger partial charge in [0.05, 0.1) is 6.04 Å². The van der Waals surface area contributed by atoms with Crippen LogP contribution in [0.15, 0.2) is 102 Å². The van der Waals surface area contributed by atoms with Crippen molar-refractivity contribution in [2.45, 2.75) is 18.6 Å². The SMILES string of the molecule is CN(C)c1ccccc1C[N-][C@H](c1ccccc1[O-])[C@H](N=Cc1ccccc1[O-])c1ccccc1N(C)C.C[N-]C.C[N-]C.C[N-]C.C[N-]C.C[O-].[Ti+4].[Ti+4]. The van der Waals surface area contributed by atoms with Gasteiger partial charge in [-0.1, -0.05) is 96.5 Å². The standard InChI is InChI=1S/C32H35N4O2.4C2H6N.CH3O.2Ti/c1-35(2)27-17-9-5-13-23(27)21-33-32(26-16-8-12-20-30(26)38)31(25-15-7-10-18-28(25)36(3)4)34-22-24-14-6-11-19-29(24)37;4*1-3-2;1-2;;/h5-20,22,31-32,37-38H,21H2,1-4H3;4*1-2H3;1H3;;/q6*-1;2*+4/p-2/t31-,32-;;;;;;;/m1......./s1. The fourth-order valence-corrected chi connectivity index (χ4v) is 4.60. The van der Waals surface area contributed by atoms with Gasteiger partial charge in [0, 0.05) is 45.8 Å². The molecule has 0 aliphatic rings. The van der Waals surface area contributed by atoms with Crippen LogP contribution >= 0.6 is 0 Å². The smallest absolute Gasteiger partial charge is 0.872 e. The van der Waals surface area contributed by atoms with E-state index in [0.29, 0.717) is 17.7 Å². The fourth-order valence-electron chi connectivity index (χ4n) is 4.60. The second-order valence-electron chi connectivity index (χ2n) is 11.3. The third-order valence-corrected chi connectivity index (χ3v) is 6.50. The van der Waals surface area contributed by atoms with Gasteiger partial charge < -0.3 is 51.7 Å². The molecule has 4 rings (SSSR count). The molecule has 0 heterocycles. The molecule has 0 radical (unpaired) electrons. The number of aliphatic imine (C=N–C) groups is 1. The van der Waals surface area contributed by atoms with Crippen molar-refractivity contribution in [1.82, 2.24) is 0 Å². The summed E-state index contributed by atoms with van der Waals surface area (Å²) in [6, 6.07) is 28.8. The van der Waals surface area contributed by atoms with E-state index >= 15 is 0 Å². The Morgan fingerprint density at radius 2 is 0.944 bits per heavy atom. The van der Waals surface area contributed by atoms with Crippen LogP contribution in [0.2, 0.25) is 0 Å². The largest absolute Gasteiger partial charge is 4.00 e. The van der Waals surface area contributed by atoms with Crippen molar-refractivity contribution >= 4 is 17.6 Å².